The lowest BCUT2D eigenvalue weighted by atomic mass is 10.1. The first-order valence-electron chi connectivity index (χ1n) is 7.64. The first kappa shape index (κ1) is 19.9. The number of amides is 2. The highest BCUT2D eigenvalue weighted by Gasteiger charge is 2.20. The van der Waals surface area contributed by atoms with Crippen molar-refractivity contribution in [3.63, 3.8) is 0 Å². The van der Waals surface area contributed by atoms with Crippen LogP contribution in [0.25, 0.3) is 0 Å². The van der Waals surface area contributed by atoms with Crippen LogP contribution in [0.15, 0.2) is 6.07 Å². The number of nitrogens with zero attached hydrogens (tertiary/aromatic N) is 1. The number of hydrogen-bond acceptors (Lipinski definition) is 5. The lowest BCUT2D eigenvalue weighted by molar-refractivity contribution is -0.130. The molecule has 0 unspecified atom stereocenters. The Bertz CT molecular complexity index is 611. The molecule has 0 bridgehead atoms. The van der Waals surface area contributed by atoms with Crippen LogP contribution in [0.1, 0.15) is 41.9 Å². The Balaban J connectivity index is 2.56. The third kappa shape index (κ3) is 5.81. The number of hydrogen-bond donors (Lipinski definition) is 2. The van der Waals surface area contributed by atoms with Gasteiger partial charge in [0.2, 0.25) is 5.91 Å². The SMILES string of the molecule is CCCNC(=O)[C@@H](C)NC(=O)COC(=O)c1c(C)cc(C)nc1Cl. The zero-order valence-electron chi connectivity index (χ0n) is 14.2. The van der Waals surface area contributed by atoms with E-state index < -0.39 is 24.5 Å². The quantitative estimate of drug-likeness (QED) is 0.571. The number of ether oxygens (including phenoxy) is 1. The summed E-state index contributed by atoms with van der Waals surface area (Å²) in [5.74, 6) is -1.60. The molecule has 24 heavy (non-hydrogen) atoms. The van der Waals surface area contributed by atoms with Crippen molar-refractivity contribution in [2.24, 2.45) is 0 Å². The second kappa shape index (κ2) is 9.22. The number of halogens is 1. The van der Waals surface area contributed by atoms with E-state index in [4.69, 9.17) is 16.3 Å². The molecule has 1 rings (SSSR count). The lowest BCUT2D eigenvalue weighted by Crippen LogP contribution is -2.46. The smallest absolute Gasteiger partial charge is 0.342 e. The highest BCUT2D eigenvalue weighted by molar-refractivity contribution is 6.32. The summed E-state index contributed by atoms with van der Waals surface area (Å²) in [7, 11) is 0. The average Bonchev–Trinajstić information content (AvgIpc) is 2.49. The monoisotopic (exact) mass is 355 g/mol. The molecule has 2 amide bonds. The van der Waals surface area contributed by atoms with Crippen molar-refractivity contribution in [2.75, 3.05) is 13.2 Å². The predicted octanol–water partition coefficient (Wildman–Crippen LogP) is 1.54. The van der Waals surface area contributed by atoms with E-state index in [0.717, 1.165) is 6.42 Å². The number of nitrogens with one attached hydrogen (secondary N) is 2. The minimum absolute atomic E-state index is 0.0326. The molecule has 0 spiro atoms. The fourth-order valence-electron chi connectivity index (χ4n) is 1.99. The van der Waals surface area contributed by atoms with Crippen molar-refractivity contribution < 1.29 is 19.1 Å². The number of aromatic nitrogens is 1. The summed E-state index contributed by atoms with van der Waals surface area (Å²) in [5.41, 5.74) is 1.42. The number of pyridine rings is 1. The van der Waals surface area contributed by atoms with Gasteiger partial charge in [0, 0.05) is 12.2 Å². The van der Waals surface area contributed by atoms with E-state index in [9.17, 15) is 14.4 Å². The Morgan fingerprint density at radius 3 is 2.58 bits per heavy atom. The summed E-state index contributed by atoms with van der Waals surface area (Å²) in [6.07, 6.45) is 0.800. The molecule has 132 valence electrons. The van der Waals surface area contributed by atoms with E-state index in [1.807, 2.05) is 6.92 Å². The van der Waals surface area contributed by atoms with E-state index in [1.165, 1.54) is 0 Å². The molecule has 0 radical (unpaired) electrons. The fourth-order valence-corrected chi connectivity index (χ4v) is 2.35. The number of carbonyl (C=O) groups is 3. The number of esters is 1. The molecule has 2 N–H and O–H groups in total. The highest BCUT2D eigenvalue weighted by atomic mass is 35.5. The van der Waals surface area contributed by atoms with Gasteiger partial charge in [-0.15, -0.1) is 0 Å². The predicted molar refractivity (Wildman–Crippen MR) is 89.9 cm³/mol. The molecule has 0 aliphatic carbocycles. The average molecular weight is 356 g/mol. The van der Waals surface area contributed by atoms with Crippen LogP contribution in [-0.4, -0.2) is 42.0 Å². The van der Waals surface area contributed by atoms with Gasteiger partial charge in [0.25, 0.3) is 5.91 Å². The summed E-state index contributed by atoms with van der Waals surface area (Å²) in [6.45, 7) is 6.97. The standard InChI is InChI=1S/C16H22ClN3O4/c1-5-6-18-15(22)11(4)20-12(21)8-24-16(23)13-9(2)7-10(3)19-14(13)17/h7,11H,5-6,8H2,1-4H3,(H,18,22)(H,20,21)/t11-/m1/s1. The molecule has 0 fully saturated rings. The molecule has 0 aromatic carbocycles. The van der Waals surface area contributed by atoms with Crippen molar-refractivity contribution >= 4 is 29.4 Å². The summed E-state index contributed by atoms with van der Waals surface area (Å²) in [4.78, 5) is 39.5. The fraction of sp³-hybridized carbons (Fsp3) is 0.500. The maximum Gasteiger partial charge on any atom is 0.342 e. The number of carbonyl (C=O) groups excluding carboxylic acids is 3. The van der Waals surface area contributed by atoms with Crippen LogP contribution in [0.4, 0.5) is 0 Å². The van der Waals surface area contributed by atoms with Gasteiger partial charge in [-0.1, -0.05) is 18.5 Å². The second-order valence-corrected chi connectivity index (χ2v) is 5.76. The summed E-state index contributed by atoms with van der Waals surface area (Å²) < 4.78 is 4.95. The summed E-state index contributed by atoms with van der Waals surface area (Å²) in [6, 6.07) is 0.983. The van der Waals surface area contributed by atoms with E-state index >= 15 is 0 Å². The van der Waals surface area contributed by atoms with Crippen LogP contribution >= 0.6 is 11.6 Å². The number of rotatable bonds is 7. The van der Waals surface area contributed by atoms with Gasteiger partial charge in [0.15, 0.2) is 6.61 Å². The molecule has 1 heterocycles. The lowest BCUT2D eigenvalue weighted by Gasteiger charge is -2.14. The van der Waals surface area contributed by atoms with Gasteiger partial charge in [-0.05, 0) is 38.8 Å². The maximum atomic E-state index is 12.1. The molecule has 1 aromatic rings. The van der Waals surface area contributed by atoms with Crippen LogP contribution in [0, 0.1) is 13.8 Å². The Morgan fingerprint density at radius 2 is 2.00 bits per heavy atom. The molecule has 1 aromatic heterocycles. The topological polar surface area (TPSA) is 97.4 Å². The van der Waals surface area contributed by atoms with Crippen LogP contribution in [-0.2, 0) is 14.3 Å². The molecule has 1 atom stereocenters. The Morgan fingerprint density at radius 1 is 1.33 bits per heavy atom. The number of aryl methyl sites for hydroxylation is 2. The molecule has 0 aliphatic heterocycles. The minimum Gasteiger partial charge on any atom is -0.452 e. The largest absolute Gasteiger partial charge is 0.452 e. The minimum atomic E-state index is -0.733. The van der Waals surface area contributed by atoms with Crippen molar-refractivity contribution in [1.82, 2.24) is 15.6 Å². The highest BCUT2D eigenvalue weighted by Crippen LogP contribution is 2.19. The Kier molecular flexibility index (Phi) is 7.64. The van der Waals surface area contributed by atoms with Crippen LogP contribution in [0.2, 0.25) is 5.15 Å². The molecule has 7 nitrogen and oxygen atoms in total. The molecule has 0 aliphatic rings. The van der Waals surface area contributed by atoms with Crippen molar-refractivity contribution in [3.05, 3.63) is 28.0 Å². The third-order valence-electron chi connectivity index (χ3n) is 3.16. The zero-order chi connectivity index (χ0) is 18.3. The zero-order valence-corrected chi connectivity index (χ0v) is 15.0. The molecular weight excluding hydrogens is 334 g/mol. The second-order valence-electron chi connectivity index (χ2n) is 5.40. The Labute approximate surface area is 146 Å². The molecule has 0 saturated heterocycles. The van der Waals surface area contributed by atoms with Gasteiger partial charge in [0.05, 0.1) is 5.56 Å². The van der Waals surface area contributed by atoms with Gasteiger partial charge in [-0.25, -0.2) is 9.78 Å². The van der Waals surface area contributed by atoms with Gasteiger partial charge in [0.1, 0.15) is 11.2 Å². The summed E-state index contributed by atoms with van der Waals surface area (Å²) in [5, 5.41) is 5.15. The first-order valence-corrected chi connectivity index (χ1v) is 8.02. The van der Waals surface area contributed by atoms with Gasteiger partial charge in [-0.3, -0.25) is 9.59 Å². The Hall–Kier alpha value is -2.15. The van der Waals surface area contributed by atoms with Crippen LogP contribution < -0.4 is 10.6 Å². The molecule has 8 heteroatoms. The van der Waals surface area contributed by atoms with E-state index in [2.05, 4.69) is 15.6 Å². The van der Waals surface area contributed by atoms with Crippen molar-refractivity contribution in [2.45, 2.75) is 40.2 Å². The van der Waals surface area contributed by atoms with Gasteiger partial charge < -0.3 is 15.4 Å². The van der Waals surface area contributed by atoms with E-state index in [-0.39, 0.29) is 16.6 Å². The third-order valence-corrected chi connectivity index (χ3v) is 3.43. The first-order chi connectivity index (χ1) is 11.3. The van der Waals surface area contributed by atoms with Gasteiger partial charge >= 0.3 is 5.97 Å². The van der Waals surface area contributed by atoms with Crippen LogP contribution in [0.5, 0.6) is 0 Å². The van der Waals surface area contributed by atoms with E-state index in [1.54, 1.807) is 26.8 Å². The van der Waals surface area contributed by atoms with Crippen molar-refractivity contribution in [1.29, 1.82) is 0 Å². The van der Waals surface area contributed by atoms with Crippen molar-refractivity contribution in [3.8, 4) is 0 Å². The molecule has 0 saturated carbocycles. The van der Waals surface area contributed by atoms with E-state index in [0.29, 0.717) is 17.8 Å². The maximum absolute atomic E-state index is 12.1. The normalized spacial score (nSPS) is 11.5. The van der Waals surface area contributed by atoms with Crippen LogP contribution in [0.3, 0.4) is 0 Å². The van der Waals surface area contributed by atoms with Gasteiger partial charge in [-0.2, -0.15) is 0 Å². The molecular formula is C16H22ClN3O4. The summed E-state index contributed by atoms with van der Waals surface area (Å²) >= 11 is 5.95.